The quantitative estimate of drug-likeness (QED) is 0.565. The van der Waals surface area contributed by atoms with E-state index in [1.54, 1.807) is 13.0 Å². The number of anilines is 1. The van der Waals surface area contributed by atoms with Crippen molar-refractivity contribution in [1.29, 1.82) is 5.26 Å². The molecule has 8 heteroatoms. The predicted molar refractivity (Wildman–Crippen MR) is 118 cm³/mol. The Morgan fingerprint density at radius 1 is 1.26 bits per heavy atom. The molecule has 1 unspecified atom stereocenters. The number of hydrogen-bond acceptors (Lipinski definition) is 5. The summed E-state index contributed by atoms with van der Waals surface area (Å²) in [6.07, 6.45) is 5.00. The molecule has 1 atom stereocenters. The summed E-state index contributed by atoms with van der Waals surface area (Å²) >= 11 is 1.43. The van der Waals surface area contributed by atoms with Crippen molar-refractivity contribution in [1.82, 2.24) is 10.2 Å². The van der Waals surface area contributed by atoms with E-state index in [1.165, 1.54) is 11.3 Å². The predicted octanol–water partition coefficient (Wildman–Crippen LogP) is 3.60. The number of fused-ring (bicyclic) bond motifs is 1. The SMILES string of the molecule is Cc1ccccc1C1(C)NC(=O)N(CC(=O)Nc2sc3c(c2C#N)CCCCC3)C1=O. The average Bonchev–Trinajstić information content (AvgIpc) is 3.04. The molecule has 4 rings (SSSR count). The van der Waals surface area contributed by atoms with Gasteiger partial charge in [0.05, 0.1) is 5.56 Å². The summed E-state index contributed by atoms with van der Waals surface area (Å²) in [6.45, 7) is 3.12. The molecule has 1 aromatic heterocycles. The van der Waals surface area contributed by atoms with E-state index < -0.39 is 29.9 Å². The molecule has 2 aromatic rings. The first kappa shape index (κ1) is 21.1. The third-order valence-electron chi connectivity index (χ3n) is 6.05. The smallest absolute Gasteiger partial charge is 0.319 e. The van der Waals surface area contributed by atoms with Crippen LogP contribution in [0.15, 0.2) is 24.3 Å². The van der Waals surface area contributed by atoms with Crippen LogP contribution in [-0.4, -0.2) is 29.3 Å². The number of aryl methyl sites for hydroxylation is 2. The number of nitrogens with zero attached hydrogens (tertiary/aromatic N) is 2. The molecule has 160 valence electrons. The Labute approximate surface area is 185 Å². The van der Waals surface area contributed by atoms with E-state index in [0.29, 0.717) is 16.1 Å². The van der Waals surface area contributed by atoms with Gasteiger partial charge in [-0.05, 0) is 56.2 Å². The minimum absolute atomic E-state index is 0.403. The van der Waals surface area contributed by atoms with Gasteiger partial charge in [-0.1, -0.05) is 30.7 Å². The second kappa shape index (κ2) is 8.16. The van der Waals surface area contributed by atoms with Crippen molar-refractivity contribution < 1.29 is 14.4 Å². The maximum Gasteiger partial charge on any atom is 0.325 e. The van der Waals surface area contributed by atoms with Gasteiger partial charge in [-0.25, -0.2) is 4.79 Å². The van der Waals surface area contributed by atoms with Crippen LogP contribution < -0.4 is 10.6 Å². The molecule has 2 aliphatic rings. The number of carbonyl (C=O) groups excluding carboxylic acids is 3. The summed E-state index contributed by atoms with van der Waals surface area (Å²) in [4.78, 5) is 40.5. The van der Waals surface area contributed by atoms with Gasteiger partial charge in [-0.15, -0.1) is 11.3 Å². The molecule has 0 radical (unpaired) electrons. The maximum atomic E-state index is 13.1. The minimum Gasteiger partial charge on any atom is -0.319 e. The van der Waals surface area contributed by atoms with E-state index >= 15 is 0 Å². The van der Waals surface area contributed by atoms with Crippen molar-refractivity contribution in [2.45, 2.75) is 51.5 Å². The Hall–Kier alpha value is -3.18. The van der Waals surface area contributed by atoms with Gasteiger partial charge in [0, 0.05) is 4.88 Å². The number of hydrogen-bond donors (Lipinski definition) is 2. The molecule has 1 saturated heterocycles. The Bertz CT molecular complexity index is 1120. The van der Waals surface area contributed by atoms with Gasteiger partial charge in [-0.3, -0.25) is 14.5 Å². The van der Waals surface area contributed by atoms with E-state index in [2.05, 4.69) is 16.7 Å². The van der Waals surface area contributed by atoms with E-state index in [4.69, 9.17) is 0 Å². The van der Waals surface area contributed by atoms with Crippen LogP contribution in [0.2, 0.25) is 0 Å². The zero-order valence-electron chi connectivity index (χ0n) is 17.6. The number of urea groups is 1. The Morgan fingerprint density at radius 2 is 2.00 bits per heavy atom. The highest BCUT2D eigenvalue weighted by atomic mass is 32.1. The summed E-state index contributed by atoms with van der Waals surface area (Å²) in [5.41, 5.74) is 1.90. The Kier molecular flexibility index (Phi) is 5.54. The van der Waals surface area contributed by atoms with Crippen molar-refractivity contribution in [2.75, 3.05) is 11.9 Å². The average molecular weight is 437 g/mol. The van der Waals surface area contributed by atoms with Crippen molar-refractivity contribution in [3.63, 3.8) is 0 Å². The zero-order chi connectivity index (χ0) is 22.2. The molecule has 0 bridgehead atoms. The first-order valence-electron chi connectivity index (χ1n) is 10.4. The lowest BCUT2D eigenvalue weighted by Crippen LogP contribution is -2.42. The van der Waals surface area contributed by atoms with Crippen molar-refractivity contribution in [3.8, 4) is 6.07 Å². The first-order chi connectivity index (χ1) is 14.8. The molecule has 4 amide bonds. The van der Waals surface area contributed by atoms with E-state index in [9.17, 15) is 19.6 Å². The summed E-state index contributed by atoms with van der Waals surface area (Å²) in [7, 11) is 0. The molecule has 0 spiro atoms. The topological polar surface area (TPSA) is 102 Å². The second-order valence-corrected chi connectivity index (χ2v) is 9.30. The molecule has 1 aliphatic heterocycles. The number of amides is 4. The molecular formula is C23H24N4O3S. The highest BCUT2D eigenvalue weighted by molar-refractivity contribution is 7.16. The third-order valence-corrected chi connectivity index (χ3v) is 7.25. The second-order valence-electron chi connectivity index (χ2n) is 8.19. The van der Waals surface area contributed by atoms with E-state index in [-0.39, 0.29) is 0 Å². The molecule has 2 N–H and O–H groups in total. The number of imide groups is 1. The number of thiophene rings is 1. The Balaban J connectivity index is 1.52. The molecule has 1 fully saturated rings. The lowest BCUT2D eigenvalue weighted by atomic mass is 9.88. The van der Waals surface area contributed by atoms with Gasteiger partial charge < -0.3 is 10.6 Å². The fourth-order valence-electron chi connectivity index (χ4n) is 4.42. The zero-order valence-corrected chi connectivity index (χ0v) is 18.4. The van der Waals surface area contributed by atoms with Crippen molar-refractivity contribution in [2.24, 2.45) is 0 Å². The molecule has 31 heavy (non-hydrogen) atoms. The van der Waals surface area contributed by atoms with Gasteiger partial charge in [0.25, 0.3) is 5.91 Å². The fraction of sp³-hybridized carbons (Fsp3) is 0.391. The van der Waals surface area contributed by atoms with Crippen LogP contribution in [0.1, 0.15) is 53.3 Å². The van der Waals surface area contributed by atoms with Crippen molar-refractivity contribution >= 4 is 34.2 Å². The molecule has 7 nitrogen and oxygen atoms in total. The number of carbonyl (C=O) groups is 3. The van der Waals surface area contributed by atoms with Gasteiger partial charge in [0.1, 0.15) is 23.2 Å². The minimum atomic E-state index is -1.22. The summed E-state index contributed by atoms with van der Waals surface area (Å²) in [6, 6.07) is 8.97. The van der Waals surface area contributed by atoms with E-state index in [1.807, 2.05) is 25.1 Å². The fourth-order valence-corrected chi connectivity index (χ4v) is 5.67. The van der Waals surface area contributed by atoms with Crippen molar-refractivity contribution in [3.05, 3.63) is 51.4 Å². The van der Waals surface area contributed by atoms with Crippen LogP contribution in [0.3, 0.4) is 0 Å². The maximum absolute atomic E-state index is 13.1. The summed E-state index contributed by atoms with van der Waals surface area (Å²) in [5, 5.41) is 15.6. The van der Waals surface area contributed by atoms with Crippen LogP contribution in [-0.2, 0) is 28.0 Å². The Morgan fingerprint density at radius 3 is 2.74 bits per heavy atom. The van der Waals surface area contributed by atoms with Gasteiger partial charge in [0.15, 0.2) is 0 Å². The third kappa shape index (κ3) is 3.70. The van der Waals surface area contributed by atoms with Crippen LogP contribution in [0.25, 0.3) is 0 Å². The number of benzene rings is 1. The molecule has 1 aliphatic carbocycles. The van der Waals surface area contributed by atoms with Crippen LogP contribution in [0, 0.1) is 18.3 Å². The molecule has 2 heterocycles. The van der Waals surface area contributed by atoms with Crippen LogP contribution in [0.4, 0.5) is 9.80 Å². The summed E-state index contributed by atoms with van der Waals surface area (Å²) in [5.74, 6) is -0.963. The number of nitrogens with one attached hydrogen (secondary N) is 2. The van der Waals surface area contributed by atoms with Crippen LogP contribution >= 0.6 is 11.3 Å². The first-order valence-corrected chi connectivity index (χ1v) is 11.2. The van der Waals surface area contributed by atoms with Crippen LogP contribution in [0.5, 0.6) is 0 Å². The molecule has 1 aromatic carbocycles. The highest BCUT2D eigenvalue weighted by Gasteiger charge is 2.50. The van der Waals surface area contributed by atoms with E-state index in [0.717, 1.165) is 53.0 Å². The largest absolute Gasteiger partial charge is 0.325 e. The highest BCUT2D eigenvalue weighted by Crippen LogP contribution is 2.37. The molecular weight excluding hydrogens is 412 g/mol. The normalized spacial score (nSPS) is 20.6. The van der Waals surface area contributed by atoms with Gasteiger partial charge in [-0.2, -0.15) is 5.26 Å². The standard InChI is InChI=1S/C23H24N4O3S/c1-14-8-6-7-10-17(14)23(2)21(29)27(22(30)26-23)13-19(28)25-20-16(12-24)15-9-4-3-5-11-18(15)31-20/h6-8,10H,3-5,9,11,13H2,1-2H3,(H,25,28)(H,26,30). The lowest BCUT2D eigenvalue weighted by molar-refractivity contribution is -0.133. The number of nitriles is 1. The van der Waals surface area contributed by atoms with Gasteiger partial charge >= 0.3 is 6.03 Å². The summed E-state index contributed by atoms with van der Waals surface area (Å²) < 4.78 is 0. The monoisotopic (exact) mass is 436 g/mol. The van der Waals surface area contributed by atoms with Gasteiger partial charge in [0.2, 0.25) is 5.91 Å². The lowest BCUT2D eigenvalue weighted by Gasteiger charge is -2.24. The molecule has 0 saturated carbocycles. The number of rotatable bonds is 4.